The number of hydrogen-bond acceptors (Lipinski definition) is 5. The predicted molar refractivity (Wildman–Crippen MR) is 110 cm³/mol. The molecule has 1 aliphatic rings. The number of amides is 2. The summed E-state index contributed by atoms with van der Waals surface area (Å²) in [6, 6.07) is 5.57. The number of hydrogen-bond donors (Lipinski definition) is 2. The third-order valence-electron chi connectivity index (χ3n) is 4.79. The van der Waals surface area contributed by atoms with Gasteiger partial charge < -0.3 is 10.6 Å². The summed E-state index contributed by atoms with van der Waals surface area (Å²) >= 11 is 6.24. The van der Waals surface area contributed by atoms with Crippen LogP contribution in [0.4, 0.5) is 20.6 Å². The Kier molecular flexibility index (Phi) is 4.51. The summed E-state index contributed by atoms with van der Waals surface area (Å²) in [5.74, 6) is 0.300. The molecule has 30 heavy (non-hydrogen) atoms. The molecule has 0 radical (unpaired) electrons. The summed E-state index contributed by atoms with van der Waals surface area (Å²) in [5.41, 5.74) is 2.57. The Balaban J connectivity index is 1.39. The van der Waals surface area contributed by atoms with Crippen molar-refractivity contribution in [2.45, 2.75) is 18.8 Å². The molecule has 0 bridgehead atoms. The molecule has 1 aromatic carbocycles. The lowest BCUT2D eigenvalue weighted by molar-refractivity contribution is 0.262. The molecule has 0 aliphatic heterocycles. The third kappa shape index (κ3) is 3.55. The van der Waals surface area contributed by atoms with E-state index in [0.717, 1.165) is 23.8 Å². The van der Waals surface area contributed by atoms with Crippen LogP contribution >= 0.6 is 11.6 Å². The zero-order valence-corrected chi connectivity index (χ0v) is 16.3. The Morgan fingerprint density at radius 3 is 2.63 bits per heavy atom. The molecule has 0 spiro atoms. The lowest BCUT2D eigenvalue weighted by Crippen LogP contribution is -2.20. The van der Waals surface area contributed by atoms with E-state index < -0.39 is 6.03 Å². The van der Waals surface area contributed by atoms with Crippen molar-refractivity contribution in [2.75, 3.05) is 10.6 Å². The molecule has 2 amide bonds. The fraction of sp³-hybridized carbons (Fsp3) is 0.150. The fourth-order valence-corrected chi connectivity index (χ4v) is 3.59. The molecule has 2 N–H and O–H groups in total. The number of anilines is 2. The van der Waals surface area contributed by atoms with E-state index in [9.17, 15) is 9.18 Å². The largest absolute Gasteiger partial charge is 0.323 e. The van der Waals surface area contributed by atoms with Crippen LogP contribution in [0.2, 0.25) is 5.02 Å². The number of aromatic nitrogens is 5. The van der Waals surface area contributed by atoms with E-state index in [0.29, 0.717) is 22.7 Å². The Hall–Kier alpha value is -3.59. The number of carbonyl (C=O) groups is 1. The van der Waals surface area contributed by atoms with Crippen molar-refractivity contribution in [1.29, 1.82) is 0 Å². The second-order valence-electron chi connectivity index (χ2n) is 6.95. The van der Waals surface area contributed by atoms with Crippen molar-refractivity contribution >= 4 is 39.9 Å². The highest BCUT2D eigenvalue weighted by Crippen LogP contribution is 2.46. The van der Waals surface area contributed by atoms with Gasteiger partial charge in [0.25, 0.3) is 0 Å². The maximum atomic E-state index is 13.8. The van der Waals surface area contributed by atoms with Gasteiger partial charge in [0.1, 0.15) is 5.82 Å². The van der Waals surface area contributed by atoms with Crippen LogP contribution in [-0.4, -0.2) is 31.0 Å². The van der Waals surface area contributed by atoms with Gasteiger partial charge in [-0.15, -0.1) is 4.80 Å². The molecule has 1 fully saturated rings. The monoisotopic (exact) mass is 423 g/mol. The molecule has 4 aromatic rings. The van der Waals surface area contributed by atoms with E-state index >= 15 is 0 Å². The van der Waals surface area contributed by atoms with Gasteiger partial charge in [-0.3, -0.25) is 4.98 Å². The topological polar surface area (TPSA) is 97.6 Å². The van der Waals surface area contributed by atoms with Gasteiger partial charge in [-0.25, -0.2) is 14.2 Å². The predicted octanol–water partition coefficient (Wildman–Crippen LogP) is 4.52. The van der Waals surface area contributed by atoms with E-state index in [-0.39, 0.29) is 16.8 Å². The first-order valence-electron chi connectivity index (χ1n) is 9.27. The second kappa shape index (κ2) is 7.34. The van der Waals surface area contributed by atoms with Gasteiger partial charge in [-0.1, -0.05) is 11.6 Å². The SMILES string of the molecule is O=C(Nc1cnc(-n2nccn2)c(Cl)c1)Nc1cnc2ccc(F)cc2c1C1CC1. The number of halogens is 2. The summed E-state index contributed by atoms with van der Waals surface area (Å²) < 4.78 is 13.8. The molecule has 0 unspecified atom stereocenters. The number of fused-ring (bicyclic) bond motifs is 1. The van der Waals surface area contributed by atoms with Crippen LogP contribution < -0.4 is 10.6 Å². The molecule has 1 saturated carbocycles. The van der Waals surface area contributed by atoms with Crippen LogP contribution in [0.3, 0.4) is 0 Å². The van der Waals surface area contributed by atoms with E-state index in [1.54, 1.807) is 18.3 Å². The summed E-state index contributed by atoms with van der Waals surface area (Å²) in [6.45, 7) is 0. The van der Waals surface area contributed by atoms with Gasteiger partial charge in [-0.05, 0) is 48.6 Å². The van der Waals surface area contributed by atoms with Crippen LogP contribution in [0, 0.1) is 5.82 Å². The van der Waals surface area contributed by atoms with Gasteiger partial charge in [0, 0.05) is 5.39 Å². The maximum Gasteiger partial charge on any atom is 0.323 e. The smallest absolute Gasteiger partial charge is 0.306 e. The zero-order valence-electron chi connectivity index (χ0n) is 15.5. The molecule has 0 saturated heterocycles. The summed E-state index contributed by atoms with van der Waals surface area (Å²) in [4.78, 5) is 22.4. The first-order valence-corrected chi connectivity index (χ1v) is 9.64. The Morgan fingerprint density at radius 1 is 1.10 bits per heavy atom. The van der Waals surface area contributed by atoms with Crippen LogP contribution in [0.25, 0.3) is 16.7 Å². The van der Waals surface area contributed by atoms with E-state index in [2.05, 4.69) is 30.8 Å². The Bertz CT molecular complexity index is 1260. The number of benzene rings is 1. The van der Waals surface area contributed by atoms with E-state index in [1.165, 1.54) is 35.5 Å². The molecule has 5 rings (SSSR count). The van der Waals surface area contributed by atoms with Crippen molar-refractivity contribution in [3.8, 4) is 5.82 Å². The first-order chi connectivity index (χ1) is 14.6. The minimum absolute atomic E-state index is 0.282. The second-order valence-corrected chi connectivity index (χ2v) is 7.36. The number of carbonyl (C=O) groups excluding carboxylic acids is 1. The number of rotatable bonds is 4. The van der Waals surface area contributed by atoms with Gasteiger partial charge >= 0.3 is 6.03 Å². The number of nitrogens with zero attached hydrogens (tertiary/aromatic N) is 5. The quantitative estimate of drug-likeness (QED) is 0.502. The molecule has 10 heteroatoms. The van der Waals surface area contributed by atoms with Crippen LogP contribution in [0.1, 0.15) is 24.3 Å². The van der Waals surface area contributed by atoms with E-state index in [1.807, 2.05) is 0 Å². The van der Waals surface area contributed by atoms with Crippen molar-refractivity contribution in [3.63, 3.8) is 0 Å². The number of nitrogens with one attached hydrogen (secondary N) is 2. The van der Waals surface area contributed by atoms with Crippen molar-refractivity contribution in [2.24, 2.45) is 0 Å². The highest BCUT2D eigenvalue weighted by Gasteiger charge is 2.29. The highest BCUT2D eigenvalue weighted by atomic mass is 35.5. The molecule has 8 nitrogen and oxygen atoms in total. The molecule has 3 aromatic heterocycles. The molecule has 1 aliphatic carbocycles. The van der Waals surface area contributed by atoms with Crippen molar-refractivity contribution in [3.05, 3.63) is 65.5 Å². The van der Waals surface area contributed by atoms with Gasteiger partial charge in [-0.2, -0.15) is 10.2 Å². The summed E-state index contributed by atoms with van der Waals surface area (Å²) in [7, 11) is 0. The Labute approximate surface area is 175 Å². The van der Waals surface area contributed by atoms with Crippen LogP contribution in [0.5, 0.6) is 0 Å². The highest BCUT2D eigenvalue weighted by molar-refractivity contribution is 6.32. The normalized spacial score (nSPS) is 13.4. The average Bonchev–Trinajstić information content (AvgIpc) is 3.40. The minimum atomic E-state index is -0.475. The molecular weight excluding hydrogens is 409 g/mol. The molecular formula is C20H15ClFN7O. The van der Waals surface area contributed by atoms with Crippen LogP contribution in [0.15, 0.2) is 49.1 Å². The average molecular weight is 424 g/mol. The number of pyridine rings is 2. The summed E-state index contributed by atoms with van der Waals surface area (Å²) in [5, 5.41) is 14.5. The van der Waals surface area contributed by atoms with Gasteiger partial charge in [0.05, 0.1) is 46.7 Å². The minimum Gasteiger partial charge on any atom is -0.306 e. The standard InChI is InChI=1S/C20H15ClFN7O/c21-15-8-13(9-24-19(15)29-25-5-6-26-29)27-20(30)28-17-10-23-16-4-3-12(22)7-14(16)18(17)11-1-2-11/h3-11H,1-2H2,(H2,27,28,30). The lowest BCUT2D eigenvalue weighted by atomic mass is 10.0. The lowest BCUT2D eigenvalue weighted by Gasteiger charge is -2.14. The zero-order chi connectivity index (χ0) is 20.7. The molecule has 150 valence electrons. The van der Waals surface area contributed by atoms with Crippen LogP contribution in [-0.2, 0) is 0 Å². The van der Waals surface area contributed by atoms with E-state index in [4.69, 9.17) is 11.6 Å². The van der Waals surface area contributed by atoms with Gasteiger partial charge in [0.2, 0.25) is 0 Å². The summed E-state index contributed by atoms with van der Waals surface area (Å²) in [6.07, 6.45) is 8.07. The van der Waals surface area contributed by atoms with Gasteiger partial charge in [0.15, 0.2) is 5.82 Å². The van der Waals surface area contributed by atoms with Crippen molar-refractivity contribution in [1.82, 2.24) is 25.0 Å². The fourth-order valence-electron chi connectivity index (χ4n) is 3.35. The molecule has 0 atom stereocenters. The first kappa shape index (κ1) is 18.4. The maximum absolute atomic E-state index is 13.8. The number of urea groups is 1. The Morgan fingerprint density at radius 2 is 1.90 bits per heavy atom. The third-order valence-corrected chi connectivity index (χ3v) is 5.07. The molecule has 3 heterocycles. The van der Waals surface area contributed by atoms with Crippen molar-refractivity contribution < 1.29 is 9.18 Å².